The minimum Gasteiger partial charge on any atom is -0.494 e. The second kappa shape index (κ2) is 9.90. The fourth-order valence-corrected chi connectivity index (χ4v) is 5.22. The molecule has 0 atom stereocenters. The van der Waals surface area contributed by atoms with E-state index in [2.05, 4.69) is 56.1 Å². The molecule has 188 valence electrons. The molecule has 1 fully saturated rings. The van der Waals surface area contributed by atoms with Gasteiger partial charge in [-0.3, -0.25) is 19.8 Å². The number of hydrogen-bond acceptors (Lipinski definition) is 5. The highest BCUT2D eigenvalue weighted by atomic mass is 32.1. The maximum atomic E-state index is 13.5. The SMILES string of the molecule is CCCN1c2cc(C)c(/C=C3/C(=O)NC(=S)N(c4ccc(OCC)cc4)C3=O)cc2C(C)=CC1(C)C. The topological polar surface area (TPSA) is 61.9 Å². The second-order valence-electron chi connectivity index (χ2n) is 9.74. The summed E-state index contributed by atoms with van der Waals surface area (Å²) in [6.07, 6.45) is 4.99. The lowest BCUT2D eigenvalue weighted by molar-refractivity contribution is -0.122. The van der Waals surface area contributed by atoms with Gasteiger partial charge in [0.25, 0.3) is 11.8 Å². The molecule has 4 rings (SSSR count). The van der Waals surface area contributed by atoms with Crippen molar-refractivity contribution in [3.05, 3.63) is 64.7 Å². The highest BCUT2D eigenvalue weighted by Crippen LogP contribution is 2.41. The quantitative estimate of drug-likeness (QED) is 0.314. The molecule has 0 spiro atoms. The Balaban J connectivity index is 1.74. The predicted octanol–water partition coefficient (Wildman–Crippen LogP) is 5.64. The summed E-state index contributed by atoms with van der Waals surface area (Å²) in [4.78, 5) is 30.1. The van der Waals surface area contributed by atoms with Gasteiger partial charge in [-0.15, -0.1) is 0 Å². The van der Waals surface area contributed by atoms with Crippen LogP contribution in [0, 0.1) is 6.92 Å². The molecule has 0 aliphatic carbocycles. The summed E-state index contributed by atoms with van der Waals surface area (Å²) >= 11 is 5.35. The summed E-state index contributed by atoms with van der Waals surface area (Å²) in [7, 11) is 0. The first-order valence-corrected chi connectivity index (χ1v) is 12.7. The average molecular weight is 504 g/mol. The van der Waals surface area contributed by atoms with Gasteiger partial charge in [-0.1, -0.05) is 13.0 Å². The van der Waals surface area contributed by atoms with Crippen molar-refractivity contribution in [1.82, 2.24) is 5.32 Å². The molecule has 0 radical (unpaired) electrons. The molecule has 0 bridgehead atoms. The van der Waals surface area contributed by atoms with E-state index in [4.69, 9.17) is 17.0 Å². The van der Waals surface area contributed by atoms with Crippen LogP contribution in [0.15, 0.2) is 48.0 Å². The Hall–Kier alpha value is -3.45. The number of thiocarbonyl (C=S) groups is 1. The van der Waals surface area contributed by atoms with Gasteiger partial charge in [0.2, 0.25) is 0 Å². The number of nitrogens with one attached hydrogen (secondary N) is 1. The fourth-order valence-electron chi connectivity index (χ4n) is 4.94. The van der Waals surface area contributed by atoms with Crippen LogP contribution >= 0.6 is 12.2 Å². The summed E-state index contributed by atoms with van der Waals surface area (Å²) < 4.78 is 5.50. The molecule has 1 saturated heterocycles. The van der Waals surface area contributed by atoms with E-state index < -0.39 is 11.8 Å². The Bertz CT molecular complexity index is 1290. The molecule has 1 N–H and O–H groups in total. The van der Waals surface area contributed by atoms with E-state index in [0.29, 0.717) is 18.0 Å². The van der Waals surface area contributed by atoms with Crippen molar-refractivity contribution in [1.29, 1.82) is 0 Å². The van der Waals surface area contributed by atoms with Crippen molar-refractivity contribution in [3.8, 4) is 5.75 Å². The zero-order valence-electron chi connectivity index (χ0n) is 21.8. The third-order valence-corrected chi connectivity index (χ3v) is 6.90. The molecule has 7 heteroatoms. The molecule has 0 saturated carbocycles. The molecule has 2 aliphatic rings. The van der Waals surface area contributed by atoms with Crippen molar-refractivity contribution in [2.75, 3.05) is 23.0 Å². The van der Waals surface area contributed by atoms with Crippen molar-refractivity contribution < 1.29 is 14.3 Å². The monoisotopic (exact) mass is 503 g/mol. The van der Waals surface area contributed by atoms with E-state index in [9.17, 15) is 9.59 Å². The molecule has 2 aliphatic heterocycles. The number of anilines is 2. The number of aryl methyl sites for hydroxylation is 1. The Kier molecular flexibility index (Phi) is 7.05. The molecule has 2 aromatic carbocycles. The highest BCUT2D eigenvalue weighted by Gasteiger charge is 2.35. The molecular formula is C29H33N3O3S. The Morgan fingerprint density at radius 2 is 1.78 bits per heavy atom. The average Bonchev–Trinajstić information content (AvgIpc) is 2.81. The van der Waals surface area contributed by atoms with E-state index in [1.165, 1.54) is 16.2 Å². The van der Waals surface area contributed by atoms with Crippen molar-refractivity contribution >= 4 is 52.2 Å². The van der Waals surface area contributed by atoms with Gasteiger partial charge in [0.15, 0.2) is 5.11 Å². The van der Waals surface area contributed by atoms with E-state index in [1.807, 2.05) is 13.8 Å². The van der Waals surface area contributed by atoms with Gasteiger partial charge >= 0.3 is 0 Å². The van der Waals surface area contributed by atoms with Gasteiger partial charge in [0, 0.05) is 17.8 Å². The normalized spacial score (nSPS) is 18.2. The van der Waals surface area contributed by atoms with Gasteiger partial charge in [-0.2, -0.15) is 0 Å². The molecule has 0 aromatic heterocycles. The highest BCUT2D eigenvalue weighted by molar-refractivity contribution is 7.80. The first kappa shape index (κ1) is 25.6. The summed E-state index contributed by atoms with van der Waals surface area (Å²) in [5.74, 6) is -0.249. The lowest BCUT2D eigenvalue weighted by atomic mass is 9.86. The summed E-state index contributed by atoms with van der Waals surface area (Å²) in [5, 5.41) is 2.73. The predicted molar refractivity (Wildman–Crippen MR) is 150 cm³/mol. The van der Waals surface area contributed by atoms with E-state index >= 15 is 0 Å². The van der Waals surface area contributed by atoms with Crippen LogP contribution in [0.4, 0.5) is 11.4 Å². The molecule has 36 heavy (non-hydrogen) atoms. The largest absolute Gasteiger partial charge is 0.494 e. The van der Waals surface area contributed by atoms with E-state index in [1.54, 1.807) is 30.3 Å². The number of hydrogen-bond donors (Lipinski definition) is 1. The van der Waals surface area contributed by atoms with Gasteiger partial charge in [0.05, 0.1) is 17.8 Å². The van der Waals surface area contributed by atoms with Gasteiger partial charge in [-0.25, -0.2) is 0 Å². The van der Waals surface area contributed by atoms with E-state index in [-0.39, 0.29) is 16.2 Å². The number of carbonyl (C=O) groups excluding carboxylic acids is 2. The Labute approximate surface area is 218 Å². The van der Waals surface area contributed by atoms with Crippen LogP contribution in [0.2, 0.25) is 0 Å². The summed E-state index contributed by atoms with van der Waals surface area (Å²) in [5.41, 5.74) is 5.82. The molecule has 2 heterocycles. The van der Waals surface area contributed by atoms with Crippen molar-refractivity contribution in [2.45, 2.75) is 53.5 Å². The van der Waals surface area contributed by atoms with Crippen LogP contribution in [0.1, 0.15) is 57.7 Å². The lowest BCUT2D eigenvalue weighted by Gasteiger charge is -2.43. The molecule has 6 nitrogen and oxygen atoms in total. The molecule has 2 aromatic rings. The van der Waals surface area contributed by atoms with Gasteiger partial charge in [0.1, 0.15) is 11.3 Å². The van der Waals surface area contributed by atoms with Crippen molar-refractivity contribution in [2.24, 2.45) is 0 Å². The first-order chi connectivity index (χ1) is 17.1. The number of allylic oxidation sites excluding steroid dienone is 1. The standard InChI is InChI=1S/C29H33N3O3S/c1-7-13-31-25-14-18(3)20(15-23(25)19(4)17-29(31,5)6)16-24-26(33)30-28(36)32(27(24)34)21-9-11-22(12-10-21)35-8-2/h9-12,14-17H,7-8,13H2,1-6H3,(H,30,33,36)/b24-16-. The second-order valence-corrected chi connectivity index (χ2v) is 10.1. The fraction of sp³-hybridized carbons (Fsp3) is 0.345. The van der Waals surface area contributed by atoms with Crippen molar-refractivity contribution in [3.63, 3.8) is 0 Å². The number of rotatable bonds is 6. The van der Waals surface area contributed by atoms with Gasteiger partial charge in [-0.05, 0) is 112 Å². The van der Waals surface area contributed by atoms with Gasteiger partial charge < -0.3 is 9.64 Å². The summed E-state index contributed by atoms with van der Waals surface area (Å²) in [6.45, 7) is 14.2. The van der Waals surface area contributed by atoms with Crippen LogP contribution in [-0.2, 0) is 9.59 Å². The summed E-state index contributed by atoms with van der Waals surface area (Å²) in [6, 6.07) is 11.3. The molecular weight excluding hydrogens is 470 g/mol. The van der Waals surface area contributed by atoms with E-state index in [0.717, 1.165) is 29.7 Å². The number of benzene rings is 2. The Morgan fingerprint density at radius 3 is 2.42 bits per heavy atom. The smallest absolute Gasteiger partial charge is 0.270 e. The van der Waals surface area contributed by atoms with Crippen LogP contribution in [0.5, 0.6) is 5.75 Å². The lowest BCUT2D eigenvalue weighted by Crippen LogP contribution is -2.54. The van der Waals surface area contributed by atoms with Crippen LogP contribution in [-0.4, -0.2) is 35.6 Å². The maximum absolute atomic E-state index is 13.5. The number of fused-ring (bicyclic) bond motifs is 1. The third-order valence-electron chi connectivity index (χ3n) is 6.62. The minimum atomic E-state index is -0.495. The zero-order valence-corrected chi connectivity index (χ0v) is 22.6. The van der Waals surface area contributed by atoms with Crippen LogP contribution in [0.25, 0.3) is 11.6 Å². The number of carbonyl (C=O) groups is 2. The molecule has 0 unspecified atom stereocenters. The minimum absolute atomic E-state index is 0.0451. The van der Waals surface area contributed by atoms with Crippen LogP contribution < -0.4 is 19.9 Å². The number of amides is 2. The van der Waals surface area contributed by atoms with Crippen LogP contribution in [0.3, 0.4) is 0 Å². The molecule has 2 amide bonds. The number of nitrogens with zero attached hydrogens (tertiary/aromatic N) is 2. The Morgan fingerprint density at radius 1 is 1.08 bits per heavy atom. The third kappa shape index (κ3) is 4.67. The number of ether oxygens (including phenoxy) is 1. The first-order valence-electron chi connectivity index (χ1n) is 12.3. The maximum Gasteiger partial charge on any atom is 0.270 e. The zero-order chi connectivity index (χ0) is 26.2.